The molecule has 3 N–H and O–H groups in total. The maximum Gasteiger partial charge on any atom is 0.227 e. The minimum Gasteiger partial charge on any atom is -0.392 e. The van der Waals surface area contributed by atoms with Gasteiger partial charge in [-0.3, -0.25) is 4.79 Å². The van der Waals surface area contributed by atoms with Crippen LogP contribution in [0.5, 0.6) is 0 Å². The van der Waals surface area contributed by atoms with Crippen LogP contribution in [0.3, 0.4) is 0 Å². The molecule has 17 heavy (non-hydrogen) atoms. The third-order valence-electron chi connectivity index (χ3n) is 2.76. The largest absolute Gasteiger partial charge is 0.392 e. The minimum atomic E-state index is -0.219. The Balaban J connectivity index is 2.68. The fraction of sp³-hybridized carbons (Fsp3) is 0.385. The van der Waals surface area contributed by atoms with Gasteiger partial charge in [-0.25, -0.2) is 0 Å². The van der Waals surface area contributed by atoms with Crippen LogP contribution in [0.2, 0.25) is 0 Å². The maximum absolute atomic E-state index is 12.0. The van der Waals surface area contributed by atoms with Crippen LogP contribution in [-0.4, -0.2) is 16.9 Å². The van der Waals surface area contributed by atoms with Gasteiger partial charge in [0.25, 0.3) is 0 Å². The van der Waals surface area contributed by atoms with Gasteiger partial charge < -0.3 is 11.1 Å². The molecule has 0 aliphatic heterocycles. The zero-order valence-electron chi connectivity index (χ0n) is 10.1. The molecule has 92 valence electrons. The number of thiocarbonyl (C=S) groups is 1. The number of nitrogens with one attached hydrogen (secondary N) is 1. The van der Waals surface area contributed by atoms with Gasteiger partial charge in [0.2, 0.25) is 5.91 Å². The van der Waals surface area contributed by atoms with Gasteiger partial charge in [-0.1, -0.05) is 49.5 Å². The van der Waals surface area contributed by atoms with Crippen LogP contribution in [-0.2, 0) is 4.79 Å². The molecular weight excluding hydrogens is 232 g/mol. The summed E-state index contributed by atoms with van der Waals surface area (Å²) < 4.78 is 0. The normalized spacial score (nSPS) is 13.8. The number of hydrogen-bond acceptors (Lipinski definition) is 2. The van der Waals surface area contributed by atoms with Gasteiger partial charge in [-0.2, -0.15) is 0 Å². The lowest BCUT2D eigenvalue weighted by molar-refractivity contribution is -0.122. The Hall–Kier alpha value is -1.42. The van der Waals surface area contributed by atoms with Crippen molar-refractivity contribution in [2.45, 2.75) is 32.2 Å². The molecule has 3 nitrogen and oxygen atoms in total. The van der Waals surface area contributed by atoms with E-state index < -0.39 is 0 Å². The van der Waals surface area contributed by atoms with Gasteiger partial charge in [0.05, 0.1) is 16.9 Å². The van der Waals surface area contributed by atoms with E-state index >= 15 is 0 Å². The van der Waals surface area contributed by atoms with Crippen molar-refractivity contribution in [2.75, 3.05) is 0 Å². The minimum absolute atomic E-state index is 0.0455. The van der Waals surface area contributed by atoms with E-state index in [4.69, 9.17) is 18.0 Å². The number of carbonyl (C=O) groups excluding carboxylic acids is 1. The molecule has 0 aromatic heterocycles. The van der Waals surface area contributed by atoms with Gasteiger partial charge in [0.15, 0.2) is 0 Å². The van der Waals surface area contributed by atoms with Crippen molar-refractivity contribution in [2.24, 2.45) is 5.73 Å². The molecule has 1 rings (SSSR count). The molecule has 1 aromatic rings. The third-order valence-corrected chi connectivity index (χ3v) is 3.05. The van der Waals surface area contributed by atoms with Gasteiger partial charge in [-0.05, 0) is 18.9 Å². The standard InChI is InChI=1S/C13H18N2OS/c1-3-11(12(14)17)15-13(16)9(2)10-7-5-4-6-8-10/h4-9,11H,3H2,1-2H3,(H2,14,17)(H,15,16). The summed E-state index contributed by atoms with van der Waals surface area (Å²) in [5, 5.41) is 2.86. The van der Waals surface area contributed by atoms with E-state index in [1.165, 1.54) is 0 Å². The molecule has 2 atom stereocenters. The average Bonchev–Trinajstić information content (AvgIpc) is 2.35. The number of hydrogen-bond donors (Lipinski definition) is 2. The number of benzene rings is 1. The highest BCUT2D eigenvalue weighted by Gasteiger charge is 2.19. The predicted molar refractivity (Wildman–Crippen MR) is 73.9 cm³/mol. The molecule has 0 radical (unpaired) electrons. The summed E-state index contributed by atoms with van der Waals surface area (Å²) in [6.45, 7) is 3.81. The van der Waals surface area contributed by atoms with Crippen molar-refractivity contribution < 1.29 is 4.79 Å². The molecule has 0 fully saturated rings. The Morgan fingerprint density at radius 1 is 1.41 bits per heavy atom. The number of carbonyl (C=O) groups is 1. The van der Waals surface area contributed by atoms with E-state index in [0.29, 0.717) is 11.4 Å². The zero-order chi connectivity index (χ0) is 12.8. The second-order valence-electron chi connectivity index (χ2n) is 4.00. The Morgan fingerprint density at radius 2 is 2.00 bits per heavy atom. The molecule has 0 aliphatic rings. The fourth-order valence-corrected chi connectivity index (χ4v) is 1.79. The highest BCUT2D eigenvalue weighted by Crippen LogP contribution is 2.14. The van der Waals surface area contributed by atoms with Crippen molar-refractivity contribution in [3.63, 3.8) is 0 Å². The Bertz CT molecular complexity index is 392. The monoisotopic (exact) mass is 250 g/mol. The first-order valence-corrected chi connectivity index (χ1v) is 6.11. The lowest BCUT2D eigenvalue weighted by Gasteiger charge is -2.18. The first kappa shape index (κ1) is 13.6. The van der Waals surface area contributed by atoms with Crippen LogP contribution in [0.15, 0.2) is 30.3 Å². The van der Waals surface area contributed by atoms with Crippen LogP contribution >= 0.6 is 12.2 Å². The van der Waals surface area contributed by atoms with Crippen LogP contribution < -0.4 is 11.1 Å². The maximum atomic E-state index is 12.0. The predicted octanol–water partition coefficient (Wildman–Crippen LogP) is 1.97. The molecule has 4 heteroatoms. The third kappa shape index (κ3) is 3.82. The topological polar surface area (TPSA) is 55.1 Å². The molecular formula is C13H18N2OS. The smallest absolute Gasteiger partial charge is 0.227 e. The van der Waals surface area contributed by atoms with E-state index in [-0.39, 0.29) is 17.9 Å². The van der Waals surface area contributed by atoms with Crippen LogP contribution in [0.4, 0.5) is 0 Å². The summed E-state index contributed by atoms with van der Waals surface area (Å²) >= 11 is 4.90. The molecule has 2 unspecified atom stereocenters. The molecule has 0 saturated carbocycles. The first-order valence-electron chi connectivity index (χ1n) is 5.71. The zero-order valence-corrected chi connectivity index (χ0v) is 11.0. The summed E-state index contributed by atoms with van der Waals surface area (Å²) in [4.78, 5) is 12.3. The van der Waals surface area contributed by atoms with Crippen molar-refractivity contribution in [1.29, 1.82) is 0 Å². The lowest BCUT2D eigenvalue weighted by atomic mass is 10.00. The summed E-state index contributed by atoms with van der Waals surface area (Å²) in [6.07, 6.45) is 0.711. The quantitative estimate of drug-likeness (QED) is 0.786. The average molecular weight is 250 g/mol. The van der Waals surface area contributed by atoms with E-state index in [0.717, 1.165) is 5.56 Å². The second-order valence-corrected chi connectivity index (χ2v) is 4.48. The summed E-state index contributed by atoms with van der Waals surface area (Å²) in [5.41, 5.74) is 6.54. The Labute approximate surface area is 107 Å². The lowest BCUT2D eigenvalue weighted by Crippen LogP contribution is -2.44. The van der Waals surface area contributed by atoms with E-state index in [9.17, 15) is 4.79 Å². The van der Waals surface area contributed by atoms with Gasteiger partial charge in [0.1, 0.15) is 0 Å². The molecule has 1 aromatic carbocycles. The molecule has 1 amide bonds. The summed E-state index contributed by atoms with van der Waals surface area (Å²) in [7, 11) is 0. The second kappa shape index (κ2) is 6.35. The van der Waals surface area contributed by atoms with Gasteiger partial charge >= 0.3 is 0 Å². The molecule has 0 aliphatic carbocycles. The van der Waals surface area contributed by atoms with E-state index in [1.807, 2.05) is 44.2 Å². The van der Waals surface area contributed by atoms with Crippen molar-refractivity contribution >= 4 is 23.1 Å². The summed E-state index contributed by atoms with van der Waals surface area (Å²) in [5.74, 6) is -0.240. The number of amides is 1. The Kier molecular flexibility index (Phi) is 5.10. The molecule has 0 saturated heterocycles. The molecule has 0 spiro atoms. The van der Waals surface area contributed by atoms with E-state index in [1.54, 1.807) is 0 Å². The van der Waals surface area contributed by atoms with Crippen molar-refractivity contribution in [3.05, 3.63) is 35.9 Å². The van der Waals surface area contributed by atoms with E-state index in [2.05, 4.69) is 5.32 Å². The SMILES string of the molecule is CCC(NC(=O)C(C)c1ccccc1)C(N)=S. The highest BCUT2D eigenvalue weighted by molar-refractivity contribution is 7.80. The van der Waals surface area contributed by atoms with Gasteiger partial charge in [-0.15, -0.1) is 0 Å². The van der Waals surface area contributed by atoms with Crippen molar-refractivity contribution in [3.8, 4) is 0 Å². The van der Waals surface area contributed by atoms with Crippen LogP contribution in [0, 0.1) is 0 Å². The fourth-order valence-electron chi connectivity index (χ4n) is 1.56. The first-order chi connectivity index (χ1) is 8.06. The molecule has 0 bridgehead atoms. The number of rotatable bonds is 5. The molecule has 0 heterocycles. The number of nitrogens with two attached hydrogens (primary N) is 1. The van der Waals surface area contributed by atoms with Gasteiger partial charge in [0, 0.05) is 0 Å². The van der Waals surface area contributed by atoms with Crippen LogP contribution in [0.25, 0.3) is 0 Å². The highest BCUT2D eigenvalue weighted by atomic mass is 32.1. The van der Waals surface area contributed by atoms with Crippen LogP contribution in [0.1, 0.15) is 31.7 Å². The van der Waals surface area contributed by atoms with Crippen molar-refractivity contribution in [1.82, 2.24) is 5.32 Å². The summed E-state index contributed by atoms with van der Waals surface area (Å²) in [6, 6.07) is 9.42. The Morgan fingerprint density at radius 3 is 2.47 bits per heavy atom.